The number of aromatic nitrogens is 3. The van der Waals surface area contributed by atoms with E-state index < -0.39 is 0 Å². The van der Waals surface area contributed by atoms with Gasteiger partial charge in [-0.3, -0.25) is 4.79 Å². The molecule has 17 heavy (non-hydrogen) atoms. The quantitative estimate of drug-likeness (QED) is 0.751. The van der Waals surface area contributed by atoms with Crippen LogP contribution >= 0.6 is 0 Å². The third-order valence-electron chi connectivity index (χ3n) is 3.32. The van der Waals surface area contributed by atoms with Crippen LogP contribution in [0.2, 0.25) is 0 Å². The number of ketones is 1. The number of nitrogens with zero attached hydrogens (tertiary/aromatic N) is 3. The van der Waals surface area contributed by atoms with E-state index in [1.807, 2.05) is 18.2 Å². The molecule has 1 fully saturated rings. The Morgan fingerprint density at radius 3 is 2.76 bits per heavy atom. The van der Waals surface area contributed by atoms with Crippen LogP contribution in [0.1, 0.15) is 28.4 Å². The summed E-state index contributed by atoms with van der Waals surface area (Å²) in [5, 5.41) is 7.53. The minimum absolute atomic E-state index is 0.106. The predicted octanol–water partition coefficient (Wildman–Crippen LogP) is 1.80. The number of Topliss-reactive ketones (excluding diaryl/α,β-unsaturated/α-hetero) is 1. The van der Waals surface area contributed by atoms with E-state index in [0.717, 1.165) is 6.42 Å². The molecule has 0 spiro atoms. The number of carbonyl (C=O) groups is 1. The second-order valence-corrected chi connectivity index (χ2v) is 4.47. The van der Waals surface area contributed by atoms with Crippen molar-refractivity contribution in [2.24, 2.45) is 13.0 Å². The summed E-state index contributed by atoms with van der Waals surface area (Å²) in [5.74, 6) is 0.638. The van der Waals surface area contributed by atoms with Crippen LogP contribution in [-0.2, 0) is 7.05 Å². The molecule has 1 aromatic carbocycles. The van der Waals surface area contributed by atoms with Crippen LogP contribution in [0.3, 0.4) is 0 Å². The van der Waals surface area contributed by atoms with Crippen molar-refractivity contribution < 1.29 is 4.79 Å². The molecular weight excluding hydrogens is 214 g/mol. The fourth-order valence-corrected chi connectivity index (χ4v) is 2.26. The normalized spacial score (nSPS) is 22.4. The third-order valence-corrected chi connectivity index (χ3v) is 3.32. The van der Waals surface area contributed by atoms with Crippen LogP contribution in [0.5, 0.6) is 0 Å². The fourth-order valence-electron chi connectivity index (χ4n) is 2.26. The Labute approximate surface area is 99.3 Å². The lowest BCUT2D eigenvalue weighted by atomic mass is 10.1. The Morgan fingerprint density at radius 1 is 1.35 bits per heavy atom. The first-order valence-electron chi connectivity index (χ1n) is 5.71. The zero-order valence-corrected chi connectivity index (χ0v) is 9.58. The highest BCUT2D eigenvalue weighted by Gasteiger charge is 2.44. The van der Waals surface area contributed by atoms with Crippen molar-refractivity contribution in [2.75, 3.05) is 0 Å². The van der Waals surface area contributed by atoms with Crippen LogP contribution < -0.4 is 0 Å². The van der Waals surface area contributed by atoms with Crippen LogP contribution in [0.25, 0.3) is 0 Å². The maximum atomic E-state index is 12.2. The highest BCUT2D eigenvalue weighted by molar-refractivity contribution is 5.98. The average molecular weight is 227 g/mol. The minimum Gasteiger partial charge on any atom is -0.292 e. The van der Waals surface area contributed by atoms with E-state index in [2.05, 4.69) is 22.4 Å². The second-order valence-electron chi connectivity index (χ2n) is 4.47. The van der Waals surface area contributed by atoms with E-state index in [1.165, 1.54) is 5.56 Å². The van der Waals surface area contributed by atoms with Crippen molar-refractivity contribution in [3.05, 3.63) is 47.8 Å². The van der Waals surface area contributed by atoms with Crippen LogP contribution in [-0.4, -0.2) is 20.8 Å². The van der Waals surface area contributed by atoms with Gasteiger partial charge in [0.15, 0.2) is 5.78 Å². The first kappa shape index (κ1) is 10.2. The van der Waals surface area contributed by atoms with E-state index in [9.17, 15) is 4.79 Å². The lowest BCUT2D eigenvalue weighted by Crippen LogP contribution is -2.09. The van der Waals surface area contributed by atoms with E-state index in [1.54, 1.807) is 17.9 Å². The SMILES string of the molecule is Cn1nncc1C(=O)C1CC1c1ccccc1. The molecule has 1 aliphatic carbocycles. The Hall–Kier alpha value is -1.97. The molecule has 86 valence electrons. The minimum atomic E-state index is 0.106. The van der Waals surface area contributed by atoms with Crippen LogP contribution in [0, 0.1) is 5.92 Å². The lowest BCUT2D eigenvalue weighted by Gasteiger charge is -2.00. The van der Waals surface area contributed by atoms with Gasteiger partial charge in [-0.05, 0) is 17.9 Å². The van der Waals surface area contributed by atoms with Gasteiger partial charge in [0.1, 0.15) is 5.69 Å². The summed E-state index contributed by atoms with van der Waals surface area (Å²) < 4.78 is 1.54. The van der Waals surface area contributed by atoms with Gasteiger partial charge < -0.3 is 0 Å². The van der Waals surface area contributed by atoms with E-state index in [-0.39, 0.29) is 11.7 Å². The molecule has 1 aromatic heterocycles. The van der Waals surface area contributed by atoms with Gasteiger partial charge in [0.05, 0.1) is 6.20 Å². The van der Waals surface area contributed by atoms with Gasteiger partial charge in [0.2, 0.25) is 0 Å². The number of hydrogen-bond acceptors (Lipinski definition) is 3. The highest BCUT2D eigenvalue weighted by Crippen LogP contribution is 2.48. The first-order chi connectivity index (χ1) is 8.27. The van der Waals surface area contributed by atoms with Crippen molar-refractivity contribution in [2.45, 2.75) is 12.3 Å². The number of aryl methyl sites for hydroxylation is 1. The van der Waals surface area contributed by atoms with Gasteiger partial charge >= 0.3 is 0 Å². The fraction of sp³-hybridized carbons (Fsp3) is 0.308. The smallest absolute Gasteiger partial charge is 0.186 e. The second kappa shape index (κ2) is 3.80. The molecule has 0 saturated heterocycles. The lowest BCUT2D eigenvalue weighted by molar-refractivity contribution is 0.0956. The van der Waals surface area contributed by atoms with Crippen LogP contribution in [0.4, 0.5) is 0 Å². The van der Waals surface area contributed by atoms with Gasteiger partial charge in [-0.1, -0.05) is 35.5 Å². The van der Waals surface area contributed by atoms with Gasteiger partial charge in [-0.15, -0.1) is 5.10 Å². The Balaban J connectivity index is 1.78. The standard InChI is InChI=1S/C13H13N3O/c1-16-12(8-14-15-16)13(17)11-7-10(11)9-5-3-2-4-6-9/h2-6,8,10-11H,7H2,1H3. The molecule has 0 aliphatic heterocycles. The Bertz CT molecular complexity index is 547. The molecule has 0 amide bonds. The molecule has 1 saturated carbocycles. The Kier molecular flexibility index (Phi) is 2.28. The summed E-state index contributed by atoms with van der Waals surface area (Å²) in [6.07, 6.45) is 2.48. The molecule has 0 bridgehead atoms. The van der Waals surface area contributed by atoms with Gasteiger partial charge in [-0.25, -0.2) is 4.68 Å². The number of benzene rings is 1. The molecule has 3 rings (SSSR count). The molecule has 0 N–H and O–H groups in total. The van der Waals surface area contributed by atoms with E-state index in [4.69, 9.17) is 0 Å². The largest absolute Gasteiger partial charge is 0.292 e. The zero-order valence-electron chi connectivity index (χ0n) is 9.58. The maximum absolute atomic E-state index is 12.2. The molecule has 4 heteroatoms. The average Bonchev–Trinajstić information content (AvgIpc) is 3.05. The summed E-state index contributed by atoms with van der Waals surface area (Å²) >= 11 is 0. The summed E-state index contributed by atoms with van der Waals surface area (Å²) in [6.45, 7) is 0. The van der Waals surface area contributed by atoms with E-state index in [0.29, 0.717) is 11.6 Å². The maximum Gasteiger partial charge on any atom is 0.186 e. The van der Waals surface area contributed by atoms with Crippen molar-refractivity contribution in [3.63, 3.8) is 0 Å². The van der Waals surface area contributed by atoms with Gasteiger partial charge in [0.25, 0.3) is 0 Å². The number of hydrogen-bond donors (Lipinski definition) is 0. The third kappa shape index (κ3) is 1.75. The summed E-state index contributed by atoms with van der Waals surface area (Å²) in [6, 6.07) is 10.2. The summed E-state index contributed by atoms with van der Waals surface area (Å²) in [7, 11) is 1.75. The molecule has 2 aromatic rings. The van der Waals surface area contributed by atoms with Gasteiger partial charge in [0, 0.05) is 13.0 Å². The number of rotatable bonds is 3. The predicted molar refractivity (Wildman–Crippen MR) is 62.6 cm³/mol. The molecule has 1 heterocycles. The van der Waals surface area contributed by atoms with Crippen LogP contribution in [0.15, 0.2) is 36.5 Å². The van der Waals surface area contributed by atoms with Crippen molar-refractivity contribution in [3.8, 4) is 0 Å². The van der Waals surface area contributed by atoms with Crippen molar-refractivity contribution >= 4 is 5.78 Å². The summed E-state index contributed by atoms with van der Waals surface area (Å²) in [4.78, 5) is 12.2. The monoisotopic (exact) mass is 227 g/mol. The summed E-state index contributed by atoms with van der Waals surface area (Å²) in [5.41, 5.74) is 1.86. The molecule has 1 aliphatic rings. The molecule has 0 radical (unpaired) electrons. The molecule has 4 nitrogen and oxygen atoms in total. The molecule has 2 unspecified atom stereocenters. The zero-order chi connectivity index (χ0) is 11.8. The van der Waals surface area contributed by atoms with Gasteiger partial charge in [-0.2, -0.15) is 0 Å². The topological polar surface area (TPSA) is 47.8 Å². The number of carbonyl (C=O) groups excluding carboxylic acids is 1. The molecule has 2 atom stereocenters. The highest BCUT2D eigenvalue weighted by atomic mass is 16.1. The van der Waals surface area contributed by atoms with E-state index >= 15 is 0 Å². The first-order valence-corrected chi connectivity index (χ1v) is 5.71. The Morgan fingerprint density at radius 2 is 2.12 bits per heavy atom. The van der Waals surface area contributed by atoms with Crippen molar-refractivity contribution in [1.29, 1.82) is 0 Å². The van der Waals surface area contributed by atoms with Crippen molar-refractivity contribution in [1.82, 2.24) is 15.0 Å². The molecular formula is C13H13N3O.